The molecule has 0 heterocycles. The first-order valence-electron chi connectivity index (χ1n) is 7.96. The number of carbonyl (C=O) groups is 2. The van der Waals surface area contributed by atoms with Crippen molar-refractivity contribution in [2.24, 2.45) is 0 Å². The zero-order chi connectivity index (χ0) is 19.3. The van der Waals surface area contributed by atoms with Gasteiger partial charge in [0.2, 0.25) is 5.91 Å². The summed E-state index contributed by atoms with van der Waals surface area (Å²) in [5.41, 5.74) is 1.52. The summed E-state index contributed by atoms with van der Waals surface area (Å²) in [5, 5.41) is 11.3. The van der Waals surface area contributed by atoms with Crippen molar-refractivity contribution in [3.8, 4) is 5.75 Å². The number of benzene rings is 2. The number of aryl methyl sites for hydroxylation is 1. The summed E-state index contributed by atoms with van der Waals surface area (Å²) in [6, 6.07) is 8.06. The smallest absolute Gasteiger partial charge is 0.341 e. The molecule has 1 amide bonds. The third-order valence-corrected chi connectivity index (χ3v) is 3.82. The van der Waals surface area contributed by atoms with E-state index in [0.29, 0.717) is 17.0 Å². The van der Waals surface area contributed by atoms with Crippen molar-refractivity contribution in [1.29, 1.82) is 0 Å². The average molecular weight is 363 g/mol. The molecule has 0 saturated carbocycles. The van der Waals surface area contributed by atoms with Crippen LogP contribution in [0.3, 0.4) is 0 Å². The first-order chi connectivity index (χ1) is 12.3. The van der Waals surface area contributed by atoms with Crippen LogP contribution in [0, 0.1) is 18.6 Å². The zero-order valence-corrected chi connectivity index (χ0v) is 14.4. The summed E-state index contributed by atoms with van der Waals surface area (Å²) in [6.45, 7) is 2.98. The first kappa shape index (κ1) is 19.4. The SMILES string of the molecule is Cc1cc(OCC(=O)O)ccc1NC(=O)CC(C)c1ccc(F)cc1F. The van der Waals surface area contributed by atoms with Gasteiger partial charge in [0.1, 0.15) is 17.4 Å². The van der Waals surface area contributed by atoms with Crippen molar-refractivity contribution in [2.75, 3.05) is 11.9 Å². The van der Waals surface area contributed by atoms with Gasteiger partial charge >= 0.3 is 5.97 Å². The Kier molecular flexibility index (Phi) is 6.27. The van der Waals surface area contributed by atoms with E-state index in [-0.39, 0.29) is 17.9 Å². The number of carbonyl (C=O) groups excluding carboxylic acids is 1. The number of anilines is 1. The van der Waals surface area contributed by atoms with Gasteiger partial charge in [-0.2, -0.15) is 0 Å². The average Bonchev–Trinajstić information content (AvgIpc) is 2.54. The Bertz CT molecular complexity index is 823. The third kappa shape index (κ3) is 5.27. The number of halogens is 2. The number of hydrogen-bond donors (Lipinski definition) is 2. The number of carboxylic acids is 1. The van der Waals surface area contributed by atoms with Crippen LogP contribution in [-0.2, 0) is 9.59 Å². The molecule has 138 valence electrons. The van der Waals surface area contributed by atoms with E-state index in [4.69, 9.17) is 9.84 Å². The number of ether oxygens (including phenoxy) is 1. The lowest BCUT2D eigenvalue weighted by molar-refractivity contribution is -0.139. The molecule has 0 radical (unpaired) electrons. The topological polar surface area (TPSA) is 75.6 Å². The van der Waals surface area contributed by atoms with Crippen molar-refractivity contribution in [2.45, 2.75) is 26.2 Å². The normalized spacial score (nSPS) is 11.7. The Morgan fingerprint density at radius 1 is 1.19 bits per heavy atom. The Balaban J connectivity index is 1.99. The second kappa shape index (κ2) is 8.42. The van der Waals surface area contributed by atoms with E-state index < -0.39 is 30.1 Å². The molecule has 1 unspecified atom stereocenters. The van der Waals surface area contributed by atoms with Crippen LogP contribution in [0.1, 0.15) is 30.4 Å². The fraction of sp³-hybridized carbons (Fsp3) is 0.263. The van der Waals surface area contributed by atoms with E-state index in [9.17, 15) is 18.4 Å². The molecule has 2 N–H and O–H groups in total. The Morgan fingerprint density at radius 3 is 2.54 bits per heavy atom. The van der Waals surface area contributed by atoms with Crippen molar-refractivity contribution in [3.63, 3.8) is 0 Å². The molecule has 0 spiro atoms. The largest absolute Gasteiger partial charge is 0.482 e. The van der Waals surface area contributed by atoms with Gasteiger partial charge < -0.3 is 15.2 Å². The number of nitrogens with one attached hydrogen (secondary N) is 1. The fourth-order valence-electron chi connectivity index (χ4n) is 2.50. The Hall–Kier alpha value is -2.96. The highest BCUT2D eigenvalue weighted by Crippen LogP contribution is 2.25. The highest BCUT2D eigenvalue weighted by molar-refractivity contribution is 5.92. The van der Waals surface area contributed by atoms with Crippen LogP contribution in [0.2, 0.25) is 0 Å². The Morgan fingerprint density at radius 2 is 1.92 bits per heavy atom. The lowest BCUT2D eigenvalue weighted by atomic mass is 9.96. The molecule has 0 aliphatic carbocycles. The highest BCUT2D eigenvalue weighted by Gasteiger charge is 2.16. The molecule has 0 aliphatic rings. The van der Waals surface area contributed by atoms with Gasteiger partial charge in [0, 0.05) is 18.2 Å². The molecule has 2 aromatic carbocycles. The monoisotopic (exact) mass is 363 g/mol. The van der Waals surface area contributed by atoms with Crippen molar-refractivity contribution >= 4 is 17.6 Å². The minimum atomic E-state index is -1.08. The minimum absolute atomic E-state index is 0.0270. The lowest BCUT2D eigenvalue weighted by Gasteiger charge is -2.14. The fourth-order valence-corrected chi connectivity index (χ4v) is 2.50. The molecule has 0 bridgehead atoms. The van der Waals surface area contributed by atoms with Gasteiger partial charge in [-0.25, -0.2) is 13.6 Å². The van der Waals surface area contributed by atoms with Crippen LogP contribution < -0.4 is 10.1 Å². The molecule has 0 aliphatic heterocycles. The Labute approximate surface area is 149 Å². The van der Waals surface area contributed by atoms with Crippen LogP contribution >= 0.6 is 0 Å². The van der Waals surface area contributed by atoms with E-state index in [1.807, 2.05) is 0 Å². The quantitative estimate of drug-likeness (QED) is 0.783. The highest BCUT2D eigenvalue weighted by atomic mass is 19.1. The van der Waals surface area contributed by atoms with Gasteiger partial charge in [0.15, 0.2) is 6.61 Å². The minimum Gasteiger partial charge on any atom is -0.482 e. The van der Waals surface area contributed by atoms with Gasteiger partial charge in [-0.3, -0.25) is 4.79 Å². The van der Waals surface area contributed by atoms with Gasteiger partial charge in [-0.15, -0.1) is 0 Å². The maximum absolute atomic E-state index is 13.8. The van der Waals surface area contributed by atoms with E-state index in [1.165, 1.54) is 6.07 Å². The summed E-state index contributed by atoms with van der Waals surface area (Å²) < 4.78 is 31.8. The number of amides is 1. The molecule has 2 aromatic rings. The number of carboxylic acid groups (broad SMARTS) is 1. The van der Waals surface area contributed by atoms with E-state index in [0.717, 1.165) is 12.1 Å². The van der Waals surface area contributed by atoms with Gasteiger partial charge in [0.25, 0.3) is 0 Å². The van der Waals surface area contributed by atoms with Crippen LogP contribution in [0.5, 0.6) is 5.75 Å². The zero-order valence-electron chi connectivity index (χ0n) is 14.4. The molecule has 7 heteroatoms. The molecule has 2 rings (SSSR count). The second-order valence-corrected chi connectivity index (χ2v) is 5.98. The van der Waals surface area contributed by atoms with E-state index >= 15 is 0 Å². The van der Waals surface area contributed by atoms with Gasteiger partial charge in [0.05, 0.1) is 0 Å². The number of rotatable bonds is 7. The molecule has 1 atom stereocenters. The maximum Gasteiger partial charge on any atom is 0.341 e. The molecule has 26 heavy (non-hydrogen) atoms. The third-order valence-electron chi connectivity index (χ3n) is 3.82. The summed E-state index contributed by atoms with van der Waals surface area (Å²) in [4.78, 5) is 22.7. The predicted molar refractivity (Wildman–Crippen MR) is 92.3 cm³/mol. The van der Waals surface area contributed by atoms with Crippen molar-refractivity contribution < 1.29 is 28.2 Å². The van der Waals surface area contributed by atoms with Gasteiger partial charge in [-0.05, 0) is 48.2 Å². The van der Waals surface area contributed by atoms with Crippen LogP contribution in [0.4, 0.5) is 14.5 Å². The molecule has 0 aromatic heterocycles. The summed E-state index contributed by atoms with van der Waals surface area (Å²) in [5.74, 6) is -2.78. The lowest BCUT2D eigenvalue weighted by Crippen LogP contribution is -2.16. The van der Waals surface area contributed by atoms with Crippen LogP contribution in [-0.4, -0.2) is 23.6 Å². The van der Waals surface area contributed by atoms with Crippen molar-refractivity contribution in [3.05, 3.63) is 59.2 Å². The summed E-state index contributed by atoms with van der Waals surface area (Å²) >= 11 is 0. The second-order valence-electron chi connectivity index (χ2n) is 5.98. The maximum atomic E-state index is 13.8. The molecule has 0 saturated heterocycles. The first-order valence-corrected chi connectivity index (χ1v) is 7.96. The predicted octanol–water partition coefficient (Wildman–Crippen LogP) is 3.87. The summed E-state index contributed by atoms with van der Waals surface area (Å²) in [6.07, 6.45) is 0.0270. The standard InChI is InChI=1S/C19H19F2NO4/c1-11(15-5-3-13(20)9-16(15)21)8-18(23)22-17-6-4-14(7-12(17)2)26-10-19(24)25/h3-7,9,11H,8,10H2,1-2H3,(H,22,23)(H,24,25). The number of hydrogen-bond acceptors (Lipinski definition) is 3. The molecular weight excluding hydrogens is 344 g/mol. The van der Waals surface area contributed by atoms with Gasteiger partial charge in [-0.1, -0.05) is 13.0 Å². The number of aliphatic carboxylic acids is 1. The molecular formula is C19H19F2NO4. The van der Waals surface area contributed by atoms with E-state index in [2.05, 4.69) is 5.32 Å². The molecule has 5 nitrogen and oxygen atoms in total. The van der Waals surface area contributed by atoms with E-state index in [1.54, 1.807) is 32.0 Å². The molecule has 0 fully saturated rings. The van der Waals surface area contributed by atoms with Crippen LogP contribution in [0.15, 0.2) is 36.4 Å². The summed E-state index contributed by atoms with van der Waals surface area (Å²) in [7, 11) is 0. The van der Waals surface area contributed by atoms with Crippen molar-refractivity contribution in [1.82, 2.24) is 0 Å². The van der Waals surface area contributed by atoms with Crippen LogP contribution in [0.25, 0.3) is 0 Å².